The van der Waals surface area contributed by atoms with Crippen molar-refractivity contribution < 1.29 is 52.6 Å². The molecule has 16 heteroatoms. The van der Waals surface area contributed by atoms with E-state index in [1.807, 2.05) is 165 Å². The fourth-order valence-corrected chi connectivity index (χ4v) is 14.7. The fourth-order valence-electron chi connectivity index (χ4n) is 9.41. The predicted molar refractivity (Wildman–Crippen MR) is 384 cm³/mol. The smallest absolute Gasteiger partial charge is 0.206 e. The number of ether oxygens (including phenoxy) is 4. The van der Waals surface area contributed by atoms with Crippen LogP contribution in [0.2, 0.25) is 0 Å². The summed E-state index contributed by atoms with van der Waals surface area (Å²) in [6, 6.07) is 84.1. The molecule has 12 aromatic carbocycles. The first-order chi connectivity index (χ1) is 45.8. The minimum absolute atomic E-state index is 0. The van der Waals surface area contributed by atoms with Crippen molar-refractivity contribution in [3.05, 3.63) is 336 Å². The Morgan fingerprint density at radius 1 is 0.175 bits per heavy atom. The second kappa shape index (κ2) is 32.4. The zero-order valence-electron chi connectivity index (χ0n) is 54.2. The molecule has 0 heterocycles. The van der Waals surface area contributed by atoms with E-state index in [1.165, 1.54) is 0 Å². The lowest BCUT2D eigenvalue weighted by atomic mass is 10.2. The van der Waals surface area contributed by atoms with Gasteiger partial charge in [0.05, 0.1) is 39.2 Å². The van der Waals surface area contributed by atoms with E-state index >= 15 is 0 Å². The molecule has 0 amide bonds. The van der Waals surface area contributed by atoms with Gasteiger partial charge in [0.1, 0.15) is 46.0 Å². The molecule has 0 aromatic heterocycles. The molecule has 12 aromatic rings. The summed E-state index contributed by atoms with van der Waals surface area (Å²) in [5, 5.41) is 0. The molecule has 0 saturated carbocycles. The topological polar surface area (TPSA) is 173 Å². The van der Waals surface area contributed by atoms with Crippen LogP contribution in [0.25, 0.3) is 0 Å². The van der Waals surface area contributed by atoms with Crippen LogP contribution in [0.3, 0.4) is 0 Å². The Kier molecular flexibility index (Phi) is 24.2. The average Bonchev–Trinajstić information content (AvgIpc) is 0.829. The molecular weight excluding hydrogens is 1290 g/mol. The molecule has 97 heavy (non-hydrogen) atoms. The maximum Gasteiger partial charge on any atom is 0.206 e. The summed E-state index contributed by atoms with van der Waals surface area (Å²) in [5.74, 6) is 5.11. The summed E-state index contributed by atoms with van der Waals surface area (Å²) in [4.78, 5) is 2.20. The minimum atomic E-state index is -3.64. The Labute approximate surface area is 571 Å². The molecule has 0 aliphatic heterocycles. The van der Waals surface area contributed by atoms with Crippen LogP contribution in [-0.4, -0.2) is 33.7 Å². The van der Waals surface area contributed by atoms with Gasteiger partial charge in [0.15, 0.2) is 0 Å². The van der Waals surface area contributed by atoms with Gasteiger partial charge in [-0.25, -0.2) is 33.7 Å². The van der Waals surface area contributed by atoms with Crippen molar-refractivity contribution in [2.45, 2.75) is 102 Å². The first-order valence-electron chi connectivity index (χ1n) is 30.5. The third-order valence-corrected chi connectivity index (χ3v) is 21.9. The molecule has 0 radical (unpaired) electrons. The molecule has 12 rings (SSSR count). The van der Waals surface area contributed by atoms with Crippen LogP contribution in [0, 0.1) is 55.4 Å². The SMILES string of the molecule is C.Cc1ccc(Oc2ccc(S(=O)(=O)c3ccc(Oc4ccc(C)cc4)cc3)cc2)cc1.Cc1ccc(S(=O)(=O)c2ccc(C)cc2)cc1.Cc1cccc(Oc2ccc(S(=O)(=O)c3ccc(Oc4cccc(C)c4)cc3)cc2)c1.Cc1cccc(S(=O)(=O)c2cccc(C)c2)c1. The van der Waals surface area contributed by atoms with Gasteiger partial charge in [-0.3, -0.25) is 0 Å². The van der Waals surface area contributed by atoms with Crippen molar-refractivity contribution in [3.63, 3.8) is 0 Å². The molecule has 0 aliphatic carbocycles. The Morgan fingerprint density at radius 2 is 0.351 bits per heavy atom. The summed E-state index contributed by atoms with van der Waals surface area (Å²) in [5.41, 5.74) is 8.45. The minimum Gasteiger partial charge on any atom is -0.457 e. The molecule has 0 spiro atoms. The van der Waals surface area contributed by atoms with Crippen LogP contribution < -0.4 is 18.9 Å². The van der Waals surface area contributed by atoms with Gasteiger partial charge in [-0.15, -0.1) is 0 Å². The van der Waals surface area contributed by atoms with Crippen molar-refractivity contribution >= 4 is 39.3 Å². The van der Waals surface area contributed by atoms with Crippen molar-refractivity contribution in [3.8, 4) is 46.0 Å². The van der Waals surface area contributed by atoms with Crippen LogP contribution in [-0.2, 0) is 39.3 Å². The third kappa shape index (κ3) is 19.9. The standard InChI is InChI=1S/2C26H22O4S.2C14H14O2S.CH4/c1-19-3-7-21(8-4-19)29-23-11-15-25(16-12-23)31(27,28)26-17-13-24(14-18-26)30-22-9-5-20(2)6-10-22;1-19-5-3-7-23(17-19)29-21-9-13-25(14-10-21)31(27,28)26-15-11-22(12-16-26)30-24-8-4-6-20(2)18-24;1-11-3-7-13(8-4-11)17(15,16)14-9-5-12(2)6-10-14;1-11-5-3-7-13(9-11)17(15,16)14-8-4-6-12(2)10-14;/h2*3-18H,1-2H3;2*3-10H,1-2H3;1H4. The quantitative estimate of drug-likeness (QED) is 0.0897. The van der Waals surface area contributed by atoms with Crippen molar-refractivity contribution in [1.29, 1.82) is 0 Å². The van der Waals surface area contributed by atoms with E-state index in [2.05, 4.69) is 0 Å². The molecule has 0 atom stereocenters. The van der Waals surface area contributed by atoms with Gasteiger partial charge in [0.2, 0.25) is 39.3 Å². The third-order valence-electron chi connectivity index (χ3n) is 14.8. The molecule has 0 bridgehead atoms. The second-order valence-electron chi connectivity index (χ2n) is 22.8. The number of hydrogen-bond donors (Lipinski definition) is 0. The zero-order valence-corrected chi connectivity index (χ0v) is 57.5. The van der Waals surface area contributed by atoms with Gasteiger partial charge < -0.3 is 18.9 Å². The number of rotatable bonds is 16. The van der Waals surface area contributed by atoms with Crippen LogP contribution in [0.15, 0.2) is 330 Å². The fraction of sp³-hybridized carbons (Fsp3) is 0.111. The maximum atomic E-state index is 13.0. The molecule has 0 unspecified atom stereocenters. The van der Waals surface area contributed by atoms with Crippen LogP contribution in [0.5, 0.6) is 46.0 Å². The van der Waals surface area contributed by atoms with E-state index in [0.29, 0.717) is 65.6 Å². The molecule has 0 aliphatic rings. The van der Waals surface area contributed by atoms with E-state index in [0.717, 1.165) is 44.5 Å². The maximum absolute atomic E-state index is 13.0. The summed E-state index contributed by atoms with van der Waals surface area (Å²) < 4.78 is 124. The largest absolute Gasteiger partial charge is 0.457 e. The van der Waals surface area contributed by atoms with E-state index in [1.54, 1.807) is 182 Å². The Balaban J connectivity index is 0.000000171. The molecule has 0 saturated heterocycles. The van der Waals surface area contributed by atoms with E-state index in [9.17, 15) is 33.7 Å². The highest BCUT2D eigenvalue weighted by Crippen LogP contribution is 2.32. The zero-order chi connectivity index (χ0) is 68.6. The normalized spacial score (nSPS) is 11.1. The lowest BCUT2D eigenvalue weighted by Gasteiger charge is -2.10. The summed E-state index contributed by atoms with van der Waals surface area (Å²) in [6.07, 6.45) is 0. The van der Waals surface area contributed by atoms with Crippen LogP contribution >= 0.6 is 0 Å². The number of sulfone groups is 4. The first-order valence-corrected chi connectivity index (χ1v) is 36.4. The predicted octanol–water partition coefficient (Wildman–Crippen LogP) is 20.4. The lowest BCUT2D eigenvalue weighted by molar-refractivity contribution is 0.481. The van der Waals surface area contributed by atoms with Gasteiger partial charge >= 0.3 is 0 Å². The summed E-state index contributed by atoms with van der Waals surface area (Å²) in [7, 11) is -14.0. The Morgan fingerprint density at radius 3 is 0.577 bits per heavy atom. The van der Waals surface area contributed by atoms with Gasteiger partial charge in [-0.2, -0.15) is 0 Å². The Bertz CT molecular complexity index is 4770. The first kappa shape index (κ1) is 72.5. The van der Waals surface area contributed by atoms with Crippen LogP contribution in [0.4, 0.5) is 0 Å². The number of hydrogen-bond acceptors (Lipinski definition) is 12. The van der Waals surface area contributed by atoms with Crippen molar-refractivity contribution in [1.82, 2.24) is 0 Å². The van der Waals surface area contributed by atoms with Gasteiger partial charge in [-0.05, 0) is 272 Å². The molecule has 12 nitrogen and oxygen atoms in total. The highest BCUT2D eigenvalue weighted by Gasteiger charge is 2.21. The number of benzene rings is 12. The molecule has 0 N–H and O–H groups in total. The molecule has 496 valence electrons. The monoisotopic (exact) mass is 1370 g/mol. The molecular formula is C81H76O12S4. The summed E-state index contributed by atoms with van der Waals surface area (Å²) >= 11 is 0. The van der Waals surface area contributed by atoms with Gasteiger partial charge in [0.25, 0.3) is 0 Å². The lowest BCUT2D eigenvalue weighted by Crippen LogP contribution is -2.02. The van der Waals surface area contributed by atoms with Gasteiger partial charge in [0, 0.05) is 0 Å². The van der Waals surface area contributed by atoms with E-state index in [-0.39, 0.29) is 27.0 Å². The second-order valence-corrected chi connectivity index (χ2v) is 30.6. The highest BCUT2D eigenvalue weighted by molar-refractivity contribution is 7.92. The van der Waals surface area contributed by atoms with E-state index in [4.69, 9.17) is 18.9 Å². The van der Waals surface area contributed by atoms with Crippen LogP contribution in [0.1, 0.15) is 51.9 Å². The van der Waals surface area contributed by atoms with Crippen molar-refractivity contribution in [2.24, 2.45) is 0 Å². The van der Waals surface area contributed by atoms with Gasteiger partial charge in [-0.1, -0.05) is 127 Å². The molecule has 0 fully saturated rings. The van der Waals surface area contributed by atoms with Crippen molar-refractivity contribution in [2.75, 3.05) is 0 Å². The number of aryl methyl sites for hydroxylation is 8. The van der Waals surface area contributed by atoms with E-state index < -0.39 is 39.3 Å². The summed E-state index contributed by atoms with van der Waals surface area (Å²) in [6.45, 7) is 15.6. The Hall–Kier alpha value is -10.4. The highest BCUT2D eigenvalue weighted by atomic mass is 32.2. The average molecular weight is 1370 g/mol.